The lowest BCUT2D eigenvalue weighted by Crippen LogP contribution is -2.60. The lowest BCUT2D eigenvalue weighted by Gasteiger charge is -2.34. The average Bonchev–Trinajstić information content (AvgIpc) is 3.66. The van der Waals surface area contributed by atoms with E-state index in [0.29, 0.717) is 37.4 Å². The van der Waals surface area contributed by atoms with Crippen LogP contribution in [0, 0.1) is 17.3 Å². The van der Waals surface area contributed by atoms with Crippen molar-refractivity contribution in [2.75, 3.05) is 58.4 Å². The van der Waals surface area contributed by atoms with E-state index in [4.69, 9.17) is 14.7 Å². The van der Waals surface area contributed by atoms with Gasteiger partial charge in [0.1, 0.15) is 12.1 Å². The number of fused-ring (bicyclic) bond motifs is 1. The van der Waals surface area contributed by atoms with Gasteiger partial charge >= 0.3 is 5.97 Å². The minimum Gasteiger partial charge on any atom is -0.480 e. The fourth-order valence-corrected chi connectivity index (χ4v) is 9.30. The number of amides is 2. The normalized spacial score (nSPS) is 21.1. The minimum absolute atomic E-state index is 0.0152. The summed E-state index contributed by atoms with van der Waals surface area (Å²) < 4.78 is 8.26. The van der Waals surface area contributed by atoms with Crippen LogP contribution in [-0.4, -0.2) is 118 Å². The molecule has 2 unspecified atom stereocenters. The van der Waals surface area contributed by atoms with E-state index in [9.17, 15) is 24.6 Å². The highest BCUT2D eigenvalue weighted by Crippen LogP contribution is 2.43. The predicted octanol–water partition coefficient (Wildman–Crippen LogP) is 5.13. The predicted molar refractivity (Wildman–Crippen MR) is 230 cm³/mol. The molecule has 0 radical (unpaired) electrons. The van der Waals surface area contributed by atoms with Crippen LogP contribution in [0.15, 0.2) is 35.8 Å². The number of rotatable bonds is 15. The first-order chi connectivity index (χ1) is 28.2. The van der Waals surface area contributed by atoms with Crippen molar-refractivity contribution in [3.8, 4) is 22.5 Å². The van der Waals surface area contributed by atoms with E-state index in [0.717, 1.165) is 83.0 Å². The van der Waals surface area contributed by atoms with Gasteiger partial charge in [-0.3, -0.25) is 24.4 Å². The number of nitrogens with zero attached hydrogens (tertiary/aromatic N) is 6. The van der Waals surface area contributed by atoms with Crippen LogP contribution in [0.3, 0.4) is 0 Å². The van der Waals surface area contributed by atoms with Crippen molar-refractivity contribution in [1.82, 2.24) is 35.2 Å². The number of methoxy groups -OCH3 is 1. The van der Waals surface area contributed by atoms with Crippen molar-refractivity contribution in [2.24, 2.45) is 17.3 Å². The van der Waals surface area contributed by atoms with Crippen LogP contribution >= 0.6 is 11.3 Å². The summed E-state index contributed by atoms with van der Waals surface area (Å²) in [6, 6.07) is 6.92. The van der Waals surface area contributed by atoms with Gasteiger partial charge in [0.25, 0.3) is 5.91 Å². The lowest BCUT2D eigenvalue weighted by molar-refractivity contribution is -0.148. The summed E-state index contributed by atoms with van der Waals surface area (Å²) in [5, 5.41) is 28.3. The van der Waals surface area contributed by atoms with Gasteiger partial charge in [-0.1, -0.05) is 26.8 Å². The van der Waals surface area contributed by atoms with E-state index in [2.05, 4.69) is 77.2 Å². The number of aliphatic hydroxyl groups is 1. The van der Waals surface area contributed by atoms with Crippen LogP contribution in [-0.2, 0) is 38.5 Å². The molecule has 5 heterocycles. The monoisotopic (exact) mass is 828 g/mol. The Labute approximate surface area is 350 Å². The fourth-order valence-electron chi connectivity index (χ4n) is 8.45. The third-order valence-electron chi connectivity index (χ3n) is 12.4. The first-order valence-corrected chi connectivity index (χ1v) is 21.9. The quantitative estimate of drug-likeness (QED) is 0.126. The summed E-state index contributed by atoms with van der Waals surface area (Å²) in [5.41, 5.74) is 10.3. The molecule has 2 aliphatic heterocycles. The van der Waals surface area contributed by atoms with Gasteiger partial charge in [-0.05, 0) is 81.7 Å². The SMILES string of the molecule is CCn1c(-c2cc(N3CCN(C)CC3)cnc2[C@H](C)OC)c(CC(C)(C)CO)c2cc(-c3csc(C[C@H](NC(=O)C4C[C@@H]4C)C(=O)N4CCCC(C(=O)O)N4)n3)ccc21. The number of aromatic nitrogens is 3. The number of carboxylic acids is 1. The number of hydrogen-bond acceptors (Lipinski definition) is 11. The molecule has 14 nitrogen and oxygen atoms in total. The minimum atomic E-state index is -1.01. The summed E-state index contributed by atoms with van der Waals surface area (Å²) in [7, 11) is 3.86. The molecule has 7 rings (SSSR count). The lowest BCUT2D eigenvalue weighted by atomic mass is 9.84. The molecule has 318 valence electrons. The molecular weight excluding hydrogens is 769 g/mol. The molecule has 2 amide bonds. The Bertz CT molecular complexity index is 2180. The van der Waals surface area contributed by atoms with E-state index < -0.39 is 23.5 Å². The summed E-state index contributed by atoms with van der Waals surface area (Å²) in [6.45, 7) is 15.2. The maximum atomic E-state index is 13.9. The average molecular weight is 829 g/mol. The van der Waals surface area contributed by atoms with Crippen molar-refractivity contribution < 1.29 is 29.3 Å². The van der Waals surface area contributed by atoms with E-state index in [-0.39, 0.29) is 42.8 Å². The summed E-state index contributed by atoms with van der Waals surface area (Å²) in [5.74, 6) is -1.41. The number of aliphatic hydroxyl groups excluding tert-OH is 1. The zero-order valence-electron chi connectivity index (χ0n) is 35.5. The van der Waals surface area contributed by atoms with Gasteiger partial charge in [0.05, 0.1) is 40.1 Å². The molecule has 1 saturated carbocycles. The van der Waals surface area contributed by atoms with Gasteiger partial charge in [0, 0.05) is 92.7 Å². The summed E-state index contributed by atoms with van der Waals surface area (Å²) >= 11 is 1.43. The van der Waals surface area contributed by atoms with Gasteiger partial charge in [-0.25, -0.2) is 10.4 Å². The number of aliphatic carboxylic acids is 1. The molecule has 4 N–H and O–H groups in total. The molecule has 3 aromatic heterocycles. The maximum absolute atomic E-state index is 13.9. The Morgan fingerprint density at radius 3 is 2.54 bits per heavy atom. The number of piperazine rings is 1. The number of benzene rings is 1. The van der Waals surface area contributed by atoms with Crippen LogP contribution < -0.4 is 15.6 Å². The smallest absolute Gasteiger partial charge is 0.322 e. The molecule has 5 atom stereocenters. The summed E-state index contributed by atoms with van der Waals surface area (Å²) in [6.07, 6.45) is 4.26. The Balaban J connectivity index is 1.27. The van der Waals surface area contributed by atoms with E-state index in [1.165, 1.54) is 16.3 Å². The second kappa shape index (κ2) is 17.7. The van der Waals surface area contributed by atoms with Crippen LogP contribution in [0.4, 0.5) is 5.69 Å². The highest BCUT2D eigenvalue weighted by atomic mass is 32.1. The molecule has 1 aliphatic carbocycles. The Morgan fingerprint density at radius 1 is 1.14 bits per heavy atom. The van der Waals surface area contributed by atoms with E-state index >= 15 is 0 Å². The van der Waals surface area contributed by atoms with Crippen molar-refractivity contribution in [1.29, 1.82) is 0 Å². The highest BCUT2D eigenvalue weighted by molar-refractivity contribution is 7.10. The second-order valence-electron chi connectivity index (χ2n) is 17.5. The largest absolute Gasteiger partial charge is 0.480 e. The molecule has 3 fully saturated rings. The number of anilines is 1. The number of hydrazine groups is 1. The number of ether oxygens (including phenoxy) is 1. The third-order valence-corrected chi connectivity index (χ3v) is 13.2. The number of nitrogens with one attached hydrogen (secondary N) is 2. The number of likely N-dealkylation sites (N-methyl/N-ethyl adjacent to an activating group) is 1. The topological polar surface area (TPSA) is 165 Å². The number of hydrogen-bond donors (Lipinski definition) is 4. The molecule has 0 spiro atoms. The maximum Gasteiger partial charge on any atom is 0.322 e. The number of carbonyl (C=O) groups excluding carboxylic acids is 2. The second-order valence-corrected chi connectivity index (χ2v) is 18.4. The van der Waals surface area contributed by atoms with Crippen molar-refractivity contribution in [2.45, 2.75) is 91.5 Å². The van der Waals surface area contributed by atoms with Crippen LogP contribution in [0.25, 0.3) is 33.4 Å². The summed E-state index contributed by atoms with van der Waals surface area (Å²) in [4.78, 5) is 53.7. The van der Waals surface area contributed by atoms with Crippen LogP contribution in [0.2, 0.25) is 0 Å². The molecule has 0 bridgehead atoms. The first-order valence-electron chi connectivity index (χ1n) is 21.0. The van der Waals surface area contributed by atoms with Gasteiger partial charge in [-0.15, -0.1) is 11.3 Å². The molecule has 1 aromatic carbocycles. The number of pyridine rings is 1. The Kier molecular flexibility index (Phi) is 12.8. The first kappa shape index (κ1) is 42.7. The molecule has 3 aliphatic rings. The number of thiazole rings is 1. The van der Waals surface area contributed by atoms with Crippen LogP contribution in [0.5, 0.6) is 0 Å². The van der Waals surface area contributed by atoms with Crippen molar-refractivity contribution >= 4 is 45.7 Å². The Hall–Kier alpha value is -4.41. The Morgan fingerprint density at radius 2 is 1.88 bits per heavy atom. The standard InChI is InChI=1S/C44H60N8O6S/c1-8-51-37-12-11-28(36-24-59-38(46-36)21-35(47-41(54)30-18-26(30)2)42(55)52-13-9-10-34(48-52)43(56)57)19-31(37)33(22-44(4,5)25-53)40(51)32-20-29(23-45-39(32)27(3)58-7)50-16-14-49(6)15-17-50/h11-12,19-20,23-24,26-27,30,34-35,48,53H,8-10,13-18,21-22,25H2,1-7H3,(H,47,54)(H,56,57)/t26-,27-,30?,34?,35-/m0/s1. The zero-order valence-corrected chi connectivity index (χ0v) is 36.3. The molecular formula is C44H60N8O6S. The highest BCUT2D eigenvalue weighted by Gasteiger charge is 2.41. The van der Waals surface area contributed by atoms with Crippen LogP contribution in [0.1, 0.15) is 76.3 Å². The number of aryl methyl sites for hydroxylation is 1. The van der Waals surface area contributed by atoms with E-state index in [1.54, 1.807) is 7.11 Å². The van der Waals surface area contributed by atoms with Gasteiger partial charge in [-0.2, -0.15) is 0 Å². The van der Waals surface area contributed by atoms with E-state index in [1.807, 2.05) is 25.4 Å². The fraction of sp³-hybridized carbons (Fsp3) is 0.568. The van der Waals surface area contributed by atoms with Gasteiger partial charge in [0.15, 0.2) is 0 Å². The van der Waals surface area contributed by atoms with Crippen molar-refractivity contribution in [3.05, 3.63) is 52.1 Å². The number of carbonyl (C=O) groups is 3. The third kappa shape index (κ3) is 9.19. The zero-order chi connectivity index (χ0) is 42.2. The molecule has 4 aromatic rings. The number of carboxylic acid groups (broad SMARTS) is 1. The molecule has 2 saturated heterocycles. The molecule has 59 heavy (non-hydrogen) atoms. The van der Waals surface area contributed by atoms with Crippen molar-refractivity contribution in [3.63, 3.8) is 0 Å². The van der Waals surface area contributed by atoms with Gasteiger partial charge in [0.2, 0.25) is 5.91 Å². The van der Waals surface area contributed by atoms with Gasteiger partial charge < -0.3 is 34.6 Å². The molecule has 15 heteroatoms.